The maximum atomic E-state index is 14.9. The Morgan fingerprint density at radius 3 is 2.64 bits per heavy atom. The quantitative estimate of drug-likeness (QED) is 0.228. The first-order chi connectivity index (χ1) is 15.6. The fourth-order valence-corrected chi connectivity index (χ4v) is 2.66. The van der Waals surface area contributed by atoms with Crippen molar-refractivity contribution in [1.82, 2.24) is 4.98 Å². The number of methoxy groups -OCH3 is 1. The zero-order chi connectivity index (χ0) is 24.4. The summed E-state index contributed by atoms with van der Waals surface area (Å²) in [5, 5.41) is 5.36. The van der Waals surface area contributed by atoms with Crippen LogP contribution in [0, 0.1) is 5.82 Å². The van der Waals surface area contributed by atoms with Crippen LogP contribution < -0.4 is 15.4 Å². The molecular weight excluding hydrogens is 498 g/mol. The summed E-state index contributed by atoms with van der Waals surface area (Å²) in [5.41, 5.74) is 1.25. The van der Waals surface area contributed by atoms with Crippen molar-refractivity contribution in [2.24, 2.45) is 4.99 Å². The number of aromatic nitrogens is 1. The van der Waals surface area contributed by atoms with Gasteiger partial charge in [0, 0.05) is 31.2 Å². The third kappa shape index (κ3) is 9.05. The van der Waals surface area contributed by atoms with E-state index < -0.39 is 22.3 Å². The highest BCUT2D eigenvalue weighted by molar-refractivity contribution is 6.67. The van der Waals surface area contributed by atoms with E-state index in [2.05, 4.69) is 27.2 Å². The SMILES string of the molecule is C=C(Nc1ccc(NC(=O)OCC(Cl)(Cl)Cl)nc1)c1c(F)cc(OCCOC)cc1N=CC. The number of hydrogen-bond acceptors (Lipinski definition) is 7. The van der Waals surface area contributed by atoms with Gasteiger partial charge in [0.2, 0.25) is 3.79 Å². The topological polar surface area (TPSA) is 94.1 Å². The summed E-state index contributed by atoms with van der Waals surface area (Å²) in [5.74, 6) is -0.0492. The molecule has 1 aromatic heterocycles. The number of benzene rings is 1. The average molecular weight is 520 g/mol. The summed E-state index contributed by atoms with van der Waals surface area (Å²) in [7, 11) is 1.55. The van der Waals surface area contributed by atoms with E-state index in [1.54, 1.807) is 26.2 Å². The van der Waals surface area contributed by atoms with Crippen LogP contribution >= 0.6 is 34.8 Å². The van der Waals surface area contributed by atoms with Crippen molar-refractivity contribution >= 4 is 70.0 Å². The molecule has 0 radical (unpaired) electrons. The minimum Gasteiger partial charge on any atom is -0.491 e. The number of amides is 1. The molecule has 2 aromatic rings. The smallest absolute Gasteiger partial charge is 0.412 e. The molecule has 0 saturated carbocycles. The van der Waals surface area contributed by atoms with E-state index in [-0.39, 0.29) is 23.7 Å². The number of nitrogens with one attached hydrogen (secondary N) is 2. The van der Waals surface area contributed by atoms with Crippen molar-refractivity contribution < 1.29 is 23.4 Å². The van der Waals surface area contributed by atoms with Crippen LogP contribution in [0.4, 0.5) is 26.4 Å². The summed E-state index contributed by atoms with van der Waals surface area (Å²) < 4.78 is 28.3. The Kier molecular flexibility index (Phi) is 10.2. The van der Waals surface area contributed by atoms with Crippen molar-refractivity contribution in [2.45, 2.75) is 10.7 Å². The average Bonchev–Trinajstić information content (AvgIpc) is 2.73. The van der Waals surface area contributed by atoms with Gasteiger partial charge >= 0.3 is 6.09 Å². The summed E-state index contributed by atoms with van der Waals surface area (Å²) in [4.78, 5) is 20.0. The summed E-state index contributed by atoms with van der Waals surface area (Å²) >= 11 is 16.6. The second-order valence-corrected chi connectivity index (χ2v) is 8.90. The Balaban J connectivity index is 2.09. The van der Waals surface area contributed by atoms with Crippen LogP contribution in [-0.2, 0) is 9.47 Å². The molecule has 0 aliphatic carbocycles. The molecule has 0 fully saturated rings. The van der Waals surface area contributed by atoms with Crippen LogP contribution in [0.5, 0.6) is 5.75 Å². The Hall–Kier alpha value is -2.59. The molecule has 0 atom stereocenters. The van der Waals surface area contributed by atoms with Crippen molar-refractivity contribution in [3.8, 4) is 5.75 Å². The number of ether oxygens (including phenoxy) is 3. The second-order valence-electron chi connectivity index (χ2n) is 6.38. The number of carbonyl (C=O) groups excluding carboxylic acids is 1. The molecule has 2 rings (SSSR count). The van der Waals surface area contributed by atoms with Crippen LogP contribution in [0.2, 0.25) is 0 Å². The van der Waals surface area contributed by atoms with Gasteiger partial charge in [-0.05, 0) is 19.1 Å². The number of nitrogens with zero attached hydrogens (tertiary/aromatic N) is 2. The van der Waals surface area contributed by atoms with Gasteiger partial charge in [-0.15, -0.1) is 0 Å². The number of hydrogen-bond donors (Lipinski definition) is 2. The number of carbonyl (C=O) groups is 1. The predicted molar refractivity (Wildman–Crippen MR) is 130 cm³/mol. The third-order valence-electron chi connectivity index (χ3n) is 3.82. The molecule has 1 amide bonds. The molecule has 0 aliphatic heterocycles. The lowest BCUT2D eigenvalue weighted by Gasteiger charge is -2.15. The number of aliphatic imine (C=N–C) groups is 1. The van der Waals surface area contributed by atoms with Gasteiger partial charge in [-0.3, -0.25) is 10.3 Å². The van der Waals surface area contributed by atoms with Crippen molar-refractivity contribution in [3.05, 3.63) is 48.4 Å². The second kappa shape index (κ2) is 12.6. The molecule has 8 nitrogen and oxygen atoms in total. The maximum absolute atomic E-state index is 14.9. The normalized spacial score (nSPS) is 11.3. The molecule has 0 bridgehead atoms. The lowest BCUT2D eigenvalue weighted by Crippen LogP contribution is -2.21. The Morgan fingerprint density at radius 2 is 2.03 bits per heavy atom. The molecule has 0 aliphatic rings. The zero-order valence-corrected chi connectivity index (χ0v) is 20.1. The highest BCUT2D eigenvalue weighted by Gasteiger charge is 2.22. The summed E-state index contributed by atoms with van der Waals surface area (Å²) in [6.07, 6.45) is 2.11. The summed E-state index contributed by atoms with van der Waals surface area (Å²) in [6.45, 7) is 5.83. The third-order valence-corrected chi connectivity index (χ3v) is 4.15. The highest BCUT2D eigenvalue weighted by Crippen LogP contribution is 2.33. The predicted octanol–water partition coefficient (Wildman–Crippen LogP) is 5.97. The van der Waals surface area contributed by atoms with E-state index in [0.29, 0.717) is 23.7 Å². The van der Waals surface area contributed by atoms with Crippen LogP contribution in [0.25, 0.3) is 5.70 Å². The number of rotatable bonds is 10. The molecular formula is C21H22Cl3FN4O4. The molecule has 2 N–H and O–H groups in total. The van der Waals surface area contributed by atoms with E-state index in [9.17, 15) is 9.18 Å². The van der Waals surface area contributed by atoms with E-state index >= 15 is 0 Å². The maximum Gasteiger partial charge on any atom is 0.412 e. The largest absolute Gasteiger partial charge is 0.491 e. The van der Waals surface area contributed by atoms with Crippen LogP contribution in [0.15, 0.2) is 42.0 Å². The van der Waals surface area contributed by atoms with Crippen LogP contribution in [0.3, 0.4) is 0 Å². The fraction of sp³-hybridized carbons (Fsp3) is 0.286. The minimum atomic E-state index is -1.72. The first-order valence-corrected chi connectivity index (χ1v) is 10.6. The van der Waals surface area contributed by atoms with Gasteiger partial charge < -0.3 is 19.5 Å². The summed E-state index contributed by atoms with van der Waals surface area (Å²) in [6, 6.07) is 5.96. The highest BCUT2D eigenvalue weighted by atomic mass is 35.6. The van der Waals surface area contributed by atoms with Crippen LogP contribution in [-0.4, -0.2) is 48.0 Å². The van der Waals surface area contributed by atoms with E-state index in [1.165, 1.54) is 24.5 Å². The number of anilines is 2. The Bertz CT molecular complexity index is 998. The van der Waals surface area contributed by atoms with Gasteiger partial charge in [0.1, 0.15) is 30.6 Å². The molecule has 12 heteroatoms. The lowest BCUT2D eigenvalue weighted by molar-refractivity contribution is 0.146. The van der Waals surface area contributed by atoms with Crippen LogP contribution in [0.1, 0.15) is 12.5 Å². The minimum absolute atomic E-state index is 0.171. The number of alkyl halides is 3. The van der Waals surface area contributed by atoms with Gasteiger partial charge in [0.05, 0.1) is 29.7 Å². The first kappa shape index (κ1) is 26.7. The van der Waals surface area contributed by atoms with E-state index in [4.69, 9.17) is 49.0 Å². The van der Waals surface area contributed by atoms with E-state index in [0.717, 1.165) is 0 Å². The molecule has 178 valence electrons. The van der Waals surface area contributed by atoms with E-state index in [1.807, 2.05) is 0 Å². The molecule has 1 aromatic carbocycles. The van der Waals surface area contributed by atoms with Crippen molar-refractivity contribution in [2.75, 3.05) is 37.6 Å². The number of pyridine rings is 1. The molecule has 0 unspecified atom stereocenters. The number of halogens is 4. The molecule has 33 heavy (non-hydrogen) atoms. The zero-order valence-electron chi connectivity index (χ0n) is 17.8. The first-order valence-electron chi connectivity index (χ1n) is 9.49. The Morgan fingerprint density at radius 1 is 1.27 bits per heavy atom. The monoisotopic (exact) mass is 518 g/mol. The fourth-order valence-electron chi connectivity index (χ4n) is 2.50. The van der Waals surface area contributed by atoms with Gasteiger partial charge in [-0.1, -0.05) is 41.4 Å². The van der Waals surface area contributed by atoms with Crippen molar-refractivity contribution in [1.29, 1.82) is 0 Å². The molecule has 0 spiro atoms. The van der Waals surface area contributed by atoms with Crippen molar-refractivity contribution in [3.63, 3.8) is 0 Å². The standard InChI is InChI=1S/C21H22Cl3FN4O4/c1-4-26-17-10-15(32-8-7-31-3)9-16(25)19(17)13(2)28-14-5-6-18(27-11-14)29-20(30)33-12-21(22,23)24/h4-6,9-11,28H,2,7-8,12H2,1,3H3,(H,27,29,30). The van der Waals surface area contributed by atoms with Gasteiger partial charge in [-0.2, -0.15) is 0 Å². The van der Waals surface area contributed by atoms with Gasteiger partial charge in [-0.25, -0.2) is 14.2 Å². The van der Waals surface area contributed by atoms with Gasteiger partial charge in [0.25, 0.3) is 0 Å². The Labute approximate surface area is 205 Å². The lowest BCUT2D eigenvalue weighted by atomic mass is 10.1. The van der Waals surface area contributed by atoms with Gasteiger partial charge in [0.15, 0.2) is 0 Å². The molecule has 0 saturated heterocycles. The molecule has 1 heterocycles.